The van der Waals surface area contributed by atoms with Crippen LogP contribution < -0.4 is 11.1 Å². The van der Waals surface area contributed by atoms with Gasteiger partial charge in [0, 0.05) is 41.1 Å². The van der Waals surface area contributed by atoms with Crippen molar-refractivity contribution in [3.8, 4) is 11.3 Å². The van der Waals surface area contributed by atoms with Gasteiger partial charge in [0.05, 0.1) is 10.7 Å². The van der Waals surface area contributed by atoms with E-state index in [2.05, 4.69) is 15.3 Å². The number of hydrogen-bond donors (Lipinski definition) is 2. The highest BCUT2D eigenvalue weighted by atomic mass is 35.5. The van der Waals surface area contributed by atoms with Gasteiger partial charge in [-0.3, -0.25) is 9.20 Å². The summed E-state index contributed by atoms with van der Waals surface area (Å²) in [4.78, 5) is 21.8. The lowest BCUT2D eigenvalue weighted by molar-refractivity contribution is 0.0939. The lowest BCUT2D eigenvalue weighted by Gasteiger charge is -2.21. The molecule has 2 aromatic heterocycles. The van der Waals surface area contributed by atoms with Gasteiger partial charge in [0.25, 0.3) is 5.91 Å². The maximum Gasteiger partial charge on any atom is 0.271 e. The zero-order valence-corrected chi connectivity index (χ0v) is 18.4. The Labute approximate surface area is 185 Å². The van der Waals surface area contributed by atoms with Crippen molar-refractivity contribution in [1.82, 2.24) is 19.7 Å². The van der Waals surface area contributed by atoms with Crippen molar-refractivity contribution in [1.29, 1.82) is 0 Å². The molecule has 1 aromatic carbocycles. The van der Waals surface area contributed by atoms with E-state index in [9.17, 15) is 4.79 Å². The molecule has 158 valence electrons. The van der Waals surface area contributed by atoms with E-state index in [0.717, 1.165) is 22.5 Å². The number of benzene rings is 1. The average molecular weight is 446 g/mol. The Kier molecular flexibility index (Phi) is 6.27. The Balaban J connectivity index is 1.72. The molecular weight excluding hydrogens is 421 g/mol. The van der Waals surface area contributed by atoms with Crippen LogP contribution in [0.5, 0.6) is 0 Å². The largest absolute Gasteiger partial charge is 0.350 e. The number of imidazole rings is 1. The molecule has 1 fully saturated rings. The van der Waals surface area contributed by atoms with E-state index >= 15 is 0 Å². The maximum atomic E-state index is 12.8. The fourth-order valence-corrected chi connectivity index (χ4v) is 4.69. The predicted molar refractivity (Wildman–Crippen MR) is 120 cm³/mol. The first-order chi connectivity index (χ1) is 14.5. The Morgan fingerprint density at radius 2 is 2.00 bits per heavy atom. The van der Waals surface area contributed by atoms with E-state index in [1.807, 2.05) is 13.0 Å². The third-order valence-electron chi connectivity index (χ3n) is 5.82. The molecule has 0 aliphatic heterocycles. The van der Waals surface area contributed by atoms with Crippen molar-refractivity contribution in [2.24, 2.45) is 11.7 Å². The summed E-state index contributed by atoms with van der Waals surface area (Å²) < 4.78 is 1.79. The zero-order chi connectivity index (χ0) is 21.3. The van der Waals surface area contributed by atoms with E-state index in [-0.39, 0.29) is 12.5 Å². The van der Waals surface area contributed by atoms with Crippen LogP contribution in [0.15, 0.2) is 24.4 Å². The summed E-state index contributed by atoms with van der Waals surface area (Å²) in [5, 5.41) is 4.09. The molecule has 6 nitrogen and oxygen atoms in total. The van der Waals surface area contributed by atoms with Crippen LogP contribution in [0, 0.1) is 12.8 Å². The summed E-state index contributed by atoms with van der Waals surface area (Å²) in [6.07, 6.45) is 7.83. The Morgan fingerprint density at radius 3 is 2.70 bits per heavy atom. The van der Waals surface area contributed by atoms with Crippen LogP contribution in [-0.4, -0.2) is 26.8 Å². The fourth-order valence-electron chi connectivity index (χ4n) is 4.19. The van der Waals surface area contributed by atoms with Crippen molar-refractivity contribution < 1.29 is 4.79 Å². The van der Waals surface area contributed by atoms with Gasteiger partial charge >= 0.3 is 0 Å². The molecule has 0 atom stereocenters. The number of carbonyl (C=O) groups is 1. The standard InChI is InChI=1S/C22H25Cl2N5O/c1-13-17(10-25)20(16-8-7-15(23)9-18(16)24)29-12-19(28-22(29)27-13)21(30)26-11-14-5-3-2-4-6-14/h7-9,12,14H,2-6,10-11,25H2,1H3,(H,26,30). The SMILES string of the molecule is Cc1nc2nc(C(=O)NCC3CCCCC3)cn2c(-c2ccc(Cl)cc2Cl)c1CN. The number of carbonyl (C=O) groups excluding carboxylic acids is 1. The molecule has 1 amide bonds. The molecule has 1 aliphatic rings. The van der Waals surface area contributed by atoms with Crippen LogP contribution in [0.3, 0.4) is 0 Å². The van der Waals surface area contributed by atoms with Crippen molar-refractivity contribution in [3.63, 3.8) is 0 Å². The van der Waals surface area contributed by atoms with Crippen molar-refractivity contribution in [2.45, 2.75) is 45.6 Å². The highest BCUT2D eigenvalue weighted by Gasteiger charge is 2.21. The van der Waals surface area contributed by atoms with E-state index in [0.29, 0.717) is 34.0 Å². The fraction of sp³-hybridized carbons (Fsp3) is 0.409. The second-order valence-corrected chi connectivity index (χ2v) is 8.71. The van der Waals surface area contributed by atoms with Crippen LogP contribution in [-0.2, 0) is 6.54 Å². The molecule has 2 heterocycles. The molecule has 8 heteroatoms. The molecule has 0 bridgehead atoms. The summed E-state index contributed by atoms with van der Waals surface area (Å²) in [5.41, 5.74) is 9.51. The van der Waals surface area contributed by atoms with Gasteiger partial charge in [-0.25, -0.2) is 9.97 Å². The highest BCUT2D eigenvalue weighted by molar-refractivity contribution is 6.36. The number of aromatic nitrogens is 3. The number of halogens is 2. The molecule has 0 spiro atoms. The number of nitrogens with zero attached hydrogens (tertiary/aromatic N) is 3. The van der Waals surface area contributed by atoms with Gasteiger partial charge in [0.1, 0.15) is 5.69 Å². The van der Waals surface area contributed by atoms with E-state index in [1.54, 1.807) is 22.7 Å². The minimum Gasteiger partial charge on any atom is -0.350 e. The van der Waals surface area contributed by atoms with Gasteiger partial charge < -0.3 is 11.1 Å². The number of rotatable bonds is 5. The molecule has 0 saturated heterocycles. The van der Waals surface area contributed by atoms with Crippen LogP contribution in [0.25, 0.3) is 17.0 Å². The third-order valence-corrected chi connectivity index (χ3v) is 6.37. The van der Waals surface area contributed by atoms with Gasteiger partial charge in [0.15, 0.2) is 0 Å². The van der Waals surface area contributed by atoms with Gasteiger partial charge in [0.2, 0.25) is 5.78 Å². The predicted octanol–water partition coefficient (Wildman–Crippen LogP) is 4.78. The van der Waals surface area contributed by atoms with Crippen LogP contribution >= 0.6 is 23.2 Å². The molecule has 0 radical (unpaired) electrons. The Bertz CT molecular complexity index is 1090. The molecule has 3 aromatic rings. The first-order valence-electron chi connectivity index (χ1n) is 10.3. The number of fused-ring (bicyclic) bond motifs is 1. The summed E-state index contributed by atoms with van der Waals surface area (Å²) in [7, 11) is 0. The number of hydrogen-bond acceptors (Lipinski definition) is 4. The Morgan fingerprint density at radius 1 is 1.23 bits per heavy atom. The lowest BCUT2D eigenvalue weighted by Crippen LogP contribution is -2.30. The van der Waals surface area contributed by atoms with Crippen molar-refractivity contribution in [3.05, 3.63) is 51.4 Å². The summed E-state index contributed by atoms with van der Waals surface area (Å²) in [5.74, 6) is 0.798. The topological polar surface area (TPSA) is 85.3 Å². The van der Waals surface area contributed by atoms with Crippen LogP contribution in [0.1, 0.15) is 53.8 Å². The molecule has 30 heavy (non-hydrogen) atoms. The van der Waals surface area contributed by atoms with Gasteiger partial charge in [-0.05, 0) is 43.9 Å². The molecule has 0 unspecified atom stereocenters. The maximum absolute atomic E-state index is 12.8. The van der Waals surface area contributed by atoms with Gasteiger partial charge in [-0.2, -0.15) is 0 Å². The summed E-state index contributed by atoms with van der Waals surface area (Å²) >= 11 is 12.6. The van der Waals surface area contributed by atoms with Gasteiger partial charge in [-0.1, -0.05) is 42.5 Å². The van der Waals surface area contributed by atoms with E-state index in [4.69, 9.17) is 28.9 Å². The lowest BCUT2D eigenvalue weighted by atomic mass is 9.89. The Hall–Kier alpha value is -2.15. The molecule has 4 rings (SSSR count). The van der Waals surface area contributed by atoms with Crippen molar-refractivity contribution >= 4 is 34.9 Å². The zero-order valence-electron chi connectivity index (χ0n) is 16.9. The van der Waals surface area contributed by atoms with Crippen molar-refractivity contribution in [2.75, 3.05) is 6.54 Å². The first-order valence-corrected chi connectivity index (χ1v) is 11.1. The second-order valence-electron chi connectivity index (χ2n) is 7.86. The minimum atomic E-state index is -0.189. The normalized spacial score (nSPS) is 14.9. The number of nitrogens with one attached hydrogen (secondary N) is 1. The molecule has 1 saturated carbocycles. The van der Waals surface area contributed by atoms with E-state index < -0.39 is 0 Å². The number of aryl methyl sites for hydroxylation is 1. The first kappa shape index (κ1) is 21.1. The number of amides is 1. The quantitative estimate of drug-likeness (QED) is 0.591. The molecular formula is C22H25Cl2N5O. The highest BCUT2D eigenvalue weighted by Crippen LogP contribution is 2.34. The minimum absolute atomic E-state index is 0.189. The smallest absolute Gasteiger partial charge is 0.271 e. The molecule has 3 N–H and O–H groups in total. The van der Waals surface area contributed by atoms with Crippen LogP contribution in [0.2, 0.25) is 10.0 Å². The summed E-state index contributed by atoms with van der Waals surface area (Å²) in [6.45, 7) is 2.85. The second kappa shape index (κ2) is 8.92. The van der Waals surface area contributed by atoms with Gasteiger partial charge in [-0.15, -0.1) is 0 Å². The molecule has 1 aliphatic carbocycles. The average Bonchev–Trinajstić information content (AvgIpc) is 3.16. The van der Waals surface area contributed by atoms with Crippen LogP contribution in [0.4, 0.5) is 0 Å². The number of nitrogens with two attached hydrogens (primary N) is 1. The summed E-state index contributed by atoms with van der Waals surface area (Å²) in [6, 6.07) is 5.31. The monoisotopic (exact) mass is 445 g/mol. The third kappa shape index (κ3) is 4.17. The van der Waals surface area contributed by atoms with E-state index in [1.165, 1.54) is 32.1 Å².